The first-order valence-corrected chi connectivity index (χ1v) is 6.37. The SMILES string of the molecule is COc1cc(CC2CNC(C(N)=O)C2)cc(OC)c1. The van der Waals surface area contributed by atoms with Gasteiger partial charge in [0.2, 0.25) is 5.91 Å². The molecule has 1 fully saturated rings. The van der Waals surface area contributed by atoms with Gasteiger partial charge in [-0.3, -0.25) is 4.79 Å². The van der Waals surface area contributed by atoms with Crippen molar-refractivity contribution in [1.29, 1.82) is 0 Å². The predicted molar refractivity (Wildman–Crippen MR) is 72.3 cm³/mol. The van der Waals surface area contributed by atoms with Gasteiger partial charge in [-0.15, -0.1) is 0 Å². The molecule has 0 bridgehead atoms. The van der Waals surface area contributed by atoms with Gasteiger partial charge in [0, 0.05) is 6.07 Å². The van der Waals surface area contributed by atoms with Crippen LogP contribution in [-0.2, 0) is 11.2 Å². The highest BCUT2D eigenvalue weighted by molar-refractivity contribution is 5.80. The fourth-order valence-electron chi connectivity index (χ4n) is 2.50. The van der Waals surface area contributed by atoms with Crippen LogP contribution in [-0.4, -0.2) is 32.7 Å². The highest BCUT2D eigenvalue weighted by Crippen LogP contribution is 2.26. The van der Waals surface area contributed by atoms with Crippen LogP contribution < -0.4 is 20.5 Å². The van der Waals surface area contributed by atoms with E-state index in [1.165, 1.54) is 0 Å². The van der Waals surface area contributed by atoms with Gasteiger partial charge in [0.1, 0.15) is 11.5 Å². The number of rotatable bonds is 5. The maximum atomic E-state index is 11.1. The number of benzene rings is 1. The van der Waals surface area contributed by atoms with Crippen molar-refractivity contribution < 1.29 is 14.3 Å². The van der Waals surface area contributed by atoms with Gasteiger partial charge in [-0.1, -0.05) is 0 Å². The van der Waals surface area contributed by atoms with Gasteiger partial charge in [0.05, 0.1) is 20.3 Å². The number of carbonyl (C=O) groups excluding carboxylic acids is 1. The van der Waals surface area contributed by atoms with Crippen molar-refractivity contribution in [3.8, 4) is 11.5 Å². The molecule has 0 saturated carbocycles. The number of hydrogen-bond donors (Lipinski definition) is 2. The lowest BCUT2D eigenvalue weighted by Gasteiger charge is -2.12. The lowest BCUT2D eigenvalue weighted by Crippen LogP contribution is -2.36. The Labute approximate surface area is 113 Å². The number of nitrogens with two attached hydrogens (primary N) is 1. The van der Waals surface area contributed by atoms with Crippen LogP contribution in [0.2, 0.25) is 0 Å². The maximum Gasteiger partial charge on any atom is 0.234 e. The summed E-state index contributed by atoms with van der Waals surface area (Å²) in [6.45, 7) is 0.813. The van der Waals surface area contributed by atoms with Crippen molar-refractivity contribution in [2.75, 3.05) is 20.8 Å². The lowest BCUT2D eigenvalue weighted by atomic mass is 9.96. The molecule has 1 aromatic carbocycles. The Hall–Kier alpha value is -1.75. The number of ether oxygens (including phenoxy) is 2. The number of amides is 1. The fraction of sp³-hybridized carbons (Fsp3) is 0.500. The Balaban J connectivity index is 2.05. The molecule has 1 saturated heterocycles. The van der Waals surface area contributed by atoms with Crippen LogP contribution in [0.4, 0.5) is 0 Å². The Morgan fingerprint density at radius 1 is 1.32 bits per heavy atom. The van der Waals surface area contributed by atoms with E-state index < -0.39 is 0 Å². The summed E-state index contributed by atoms with van der Waals surface area (Å²) >= 11 is 0. The molecule has 0 aromatic heterocycles. The van der Waals surface area contributed by atoms with Crippen LogP contribution >= 0.6 is 0 Å². The van der Waals surface area contributed by atoms with E-state index in [2.05, 4.69) is 5.32 Å². The average Bonchev–Trinajstić information content (AvgIpc) is 2.87. The first kappa shape index (κ1) is 13.7. The van der Waals surface area contributed by atoms with E-state index in [4.69, 9.17) is 15.2 Å². The highest BCUT2D eigenvalue weighted by atomic mass is 16.5. The lowest BCUT2D eigenvalue weighted by molar-refractivity contribution is -0.119. The topological polar surface area (TPSA) is 73.6 Å². The minimum Gasteiger partial charge on any atom is -0.497 e. The number of nitrogens with one attached hydrogen (secondary N) is 1. The Morgan fingerprint density at radius 3 is 2.42 bits per heavy atom. The zero-order valence-corrected chi connectivity index (χ0v) is 11.3. The molecule has 1 heterocycles. The monoisotopic (exact) mass is 264 g/mol. The van der Waals surface area contributed by atoms with Crippen molar-refractivity contribution in [1.82, 2.24) is 5.32 Å². The second kappa shape index (κ2) is 5.93. The predicted octanol–water partition coefficient (Wildman–Crippen LogP) is 0.710. The van der Waals surface area contributed by atoms with E-state index in [0.717, 1.165) is 36.4 Å². The van der Waals surface area contributed by atoms with E-state index in [1.54, 1.807) is 14.2 Å². The molecule has 2 atom stereocenters. The Kier molecular flexibility index (Phi) is 4.27. The zero-order valence-electron chi connectivity index (χ0n) is 11.3. The maximum absolute atomic E-state index is 11.1. The van der Waals surface area contributed by atoms with Gasteiger partial charge < -0.3 is 20.5 Å². The van der Waals surface area contributed by atoms with Gasteiger partial charge in [0.15, 0.2) is 0 Å². The Morgan fingerprint density at radius 2 is 1.95 bits per heavy atom. The molecule has 5 nitrogen and oxygen atoms in total. The molecule has 2 rings (SSSR count). The third-order valence-electron chi connectivity index (χ3n) is 3.50. The second-order valence-electron chi connectivity index (χ2n) is 4.89. The average molecular weight is 264 g/mol. The van der Waals surface area contributed by atoms with E-state index in [9.17, 15) is 4.79 Å². The minimum absolute atomic E-state index is 0.197. The third-order valence-corrected chi connectivity index (χ3v) is 3.50. The standard InChI is InChI=1S/C14H20N2O3/c1-18-11-4-9(5-12(7-11)19-2)3-10-6-13(14(15)17)16-8-10/h4-5,7,10,13,16H,3,6,8H2,1-2H3,(H2,15,17). The van der Waals surface area contributed by atoms with Gasteiger partial charge in [0.25, 0.3) is 0 Å². The summed E-state index contributed by atoms with van der Waals surface area (Å²) in [7, 11) is 3.28. The molecular formula is C14H20N2O3. The summed E-state index contributed by atoms with van der Waals surface area (Å²) in [4.78, 5) is 11.1. The summed E-state index contributed by atoms with van der Waals surface area (Å²) < 4.78 is 10.5. The van der Waals surface area contributed by atoms with Crippen molar-refractivity contribution >= 4 is 5.91 Å². The summed E-state index contributed by atoms with van der Waals surface area (Å²) in [5.74, 6) is 1.71. The van der Waals surface area contributed by atoms with Crippen LogP contribution in [0.3, 0.4) is 0 Å². The Bertz CT molecular complexity index is 440. The number of carbonyl (C=O) groups is 1. The van der Waals surface area contributed by atoms with Crippen LogP contribution in [0.15, 0.2) is 18.2 Å². The minimum atomic E-state index is -0.272. The van der Waals surface area contributed by atoms with Crippen molar-refractivity contribution in [2.45, 2.75) is 18.9 Å². The van der Waals surface area contributed by atoms with Gasteiger partial charge in [-0.05, 0) is 43.0 Å². The zero-order chi connectivity index (χ0) is 13.8. The van der Waals surface area contributed by atoms with Crippen LogP contribution in [0.5, 0.6) is 11.5 Å². The largest absolute Gasteiger partial charge is 0.497 e. The van der Waals surface area contributed by atoms with Crippen molar-refractivity contribution in [3.63, 3.8) is 0 Å². The quantitative estimate of drug-likeness (QED) is 0.821. The van der Waals surface area contributed by atoms with Crippen LogP contribution in [0, 0.1) is 5.92 Å². The molecular weight excluding hydrogens is 244 g/mol. The molecule has 0 spiro atoms. The molecule has 19 heavy (non-hydrogen) atoms. The number of hydrogen-bond acceptors (Lipinski definition) is 4. The molecule has 1 amide bonds. The molecule has 2 unspecified atom stereocenters. The van der Waals surface area contributed by atoms with Crippen molar-refractivity contribution in [2.24, 2.45) is 11.7 Å². The van der Waals surface area contributed by atoms with E-state index in [-0.39, 0.29) is 11.9 Å². The smallest absolute Gasteiger partial charge is 0.234 e. The molecule has 5 heteroatoms. The second-order valence-corrected chi connectivity index (χ2v) is 4.89. The van der Waals surface area contributed by atoms with Gasteiger partial charge in [-0.25, -0.2) is 0 Å². The number of methoxy groups -OCH3 is 2. The summed E-state index contributed by atoms with van der Waals surface area (Å²) in [5.41, 5.74) is 6.45. The molecule has 104 valence electrons. The first-order chi connectivity index (χ1) is 9.12. The molecule has 1 aromatic rings. The normalized spacial score (nSPS) is 22.2. The van der Waals surface area contributed by atoms with Gasteiger partial charge in [-0.2, -0.15) is 0 Å². The van der Waals surface area contributed by atoms with Gasteiger partial charge >= 0.3 is 0 Å². The fourth-order valence-corrected chi connectivity index (χ4v) is 2.50. The molecule has 1 aliphatic rings. The van der Waals surface area contributed by atoms with Crippen LogP contribution in [0.25, 0.3) is 0 Å². The summed E-state index contributed by atoms with van der Waals surface area (Å²) in [6, 6.07) is 5.65. The molecule has 1 aliphatic heterocycles. The van der Waals surface area contributed by atoms with E-state index >= 15 is 0 Å². The molecule has 0 radical (unpaired) electrons. The highest BCUT2D eigenvalue weighted by Gasteiger charge is 2.27. The van der Waals surface area contributed by atoms with Crippen molar-refractivity contribution in [3.05, 3.63) is 23.8 Å². The first-order valence-electron chi connectivity index (χ1n) is 6.37. The number of primary amides is 1. The van der Waals surface area contributed by atoms with E-state index in [0.29, 0.717) is 5.92 Å². The summed E-state index contributed by atoms with van der Waals surface area (Å²) in [5, 5.41) is 3.15. The van der Waals surface area contributed by atoms with Crippen LogP contribution in [0.1, 0.15) is 12.0 Å². The summed E-state index contributed by atoms with van der Waals surface area (Å²) in [6.07, 6.45) is 1.67. The molecule has 0 aliphatic carbocycles. The van der Waals surface area contributed by atoms with E-state index in [1.807, 2.05) is 18.2 Å². The third kappa shape index (κ3) is 3.38. The molecule has 3 N–H and O–H groups in total.